The predicted molar refractivity (Wildman–Crippen MR) is 70.3 cm³/mol. The minimum absolute atomic E-state index is 0.0212. The standard InChI is InChI=1S/C11H19N3O2S/c1-8-11(9(2)14(3)13-8)12-10(16)7-17-6-4-5-15/h15H,4-7H2,1-3H3,(H,12,16). The minimum atomic E-state index is -0.0212. The second-order valence-electron chi connectivity index (χ2n) is 3.85. The van der Waals surface area contributed by atoms with Gasteiger partial charge in [0.05, 0.1) is 22.8 Å². The van der Waals surface area contributed by atoms with Gasteiger partial charge in [0.2, 0.25) is 5.91 Å². The van der Waals surface area contributed by atoms with Crippen LogP contribution in [0, 0.1) is 13.8 Å². The summed E-state index contributed by atoms with van der Waals surface area (Å²) in [6.45, 7) is 3.98. The number of carbonyl (C=O) groups excluding carboxylic acids is 1. The van der Waals surface area contributed by atoms with Crippen molar-refractivity contribution in [2.45, 2.75) is 20.3 Å². The maximum Gasteiger partial charge on any atom is 0.234 e. The molecule has 0 radical (unpaired) electrons. The van der Waals surface area contributed by atoms with Crippen LogP contribution in [0.3, 0.4) is 0 Å². The van der Waals surface area contributed by atoms with E-state index in [1.807, 2.05) is 20.9 Å². The van der Waals surface area contributed by atoms with E-state index in [0.29, 0.717) is 5.75 Å². The molecule has 0 unspecified atom stereocenters. The number of aliphatic hydroxyl groups is 1. The monoisotopic (exact) mass is 257 g/mol. The van der Waals surface area contributed by atoms with Crippen LogP contribution in [0.1, 0.15) is 17.8 Å². The molecule has 0 aromatic carbocycles. The van der Waals surface area contributed by atoms with Crippen LogP contribution in [-0.4, -0.2) is 38.9 Å². The number of carbonyl (C=O) groups is 1. The van der Waals surface area contributed by atoms with Gasteiger partial charge in [-0.15, -0.1) is 0 Å². The van der Waals surface area contributed by atoms with Gasteiger partial charge in [0.25, 0.3) is 0 Å². The van der Waals surface area contributed by atoms with E-state index in [1.54, 1.807) is 4.68 Å². The Morgan fingerprint density at radius 3 is 2.76 bits per heavy atom. The number of nitrogens with one attached hydrogen (secondary N) is 1. The zero-order chi connectivity index (χ0) is 12.8. The van der Waals surface area contributed by atoms with Crippen LogP contribution in [0.2, 0.25) is 0 Å². The van der Waals surface area contributed by atoms with Gasteiger partial charge in [-0.25, -0.2) is 0 Å². The molecule has 0 aliphatic carbocycles. The van der Waals surface area contributed by atoms with Crippen molar-refractivity contribution in [3.63, 3.8) is 0 Å². The van der Waals surface area contributed by atoms with Crippen molar-refractivity contribution in [1.82, 2.24) is 9.78 Å². The van der Waals surface area contributed by atoms with Crippen LogP contribution in [0.5, 0.6) is 0 Å². The molecule has 0 aliphatic rings. The predicted octanol–water partition coefficient (Wildman–Crippen LogP) is 1.09. The van der Waals surface area contributed by atoms with E-state index in [-0.39, 0.29) is 12.5 Å². The average molecular weight is 257 g/mol. The number of anilines is 1. The zero-order valence-corrected chi connectivity index (χ0v) is 11.3. The first-order chi connectivity index (χ1) is 8.06. The van der Waals surface area contributed by atoms with E-state index in [2.05, 4.69) is 10.4 Å². The summed E-state index contributed by atoms with van der Waals surface area (Å²) >= 11 is 1.52. The van der Waals surface area contributed by atoms with Crippen molar-refractivity contribution < 1.29 is 9.90 Å². The van der Waals surface area contributed by atoms with Gasteiger partial charge in [-0.1, -0.05) is 0 Å². The largest absolute Gasteiger partial charge is 0.396 e. The number of aliphatic hydroxyl groups excluding tert-OH is 1. The van der Waals surface area contributed by atoms with Gasteiger partial charge < -0.3 is 10.4 Å². The Hall–Kier alpha value is -1.01. The summed E-state index contributed by atoms with van der Waals surface area (Å²) in [6, 6.07) is 0. The molecule has 1 heterocycles. The van der Waals surface area contributed by atoms with Crippen LogP contribution >= 0.6 is 11.8 Å². The van der Waals surface area contributed by atoms with Crippen molar-refractivity contribution in [2.75, 3.05) is 23.4 Å². The summed E-state index contributed by atoms with van der Waals surface area (Å²) in [5, 5.41) is 15.7. The summed E-state index contributed by atoms with van der Waals surface area (Å²) in [5.74, 6) is 1.19. The fraction of sp³-hybridized carbons (Fsp3) is 0.636. The summed E-state index contributed by atoms with van der Waals surface area (Å²) in [7, 11) is 1.86. The highest BCUT2D eigenvalue weighted by atomic mass is 32.2. The lowest BCUT2D eigenvalue weighted by atomic mass is 10.3. The van der Waals surface area contributed by atoms with Gasteiger partial charge in [0.1, 0.15) is 0 Å². The molecule has 0 aliphatic heterocycles. The van der Waals surface area contributed by atoms with Crippen molar-refractivity contribution in [3.05, 3.63) is 11.4 Å². The highest BCUT2D eigenvalue weighted by Gasteiger charge is 2.11. The second-order valence-corrected chi connectivity index (χ2v) is 4.95. The van der Waals surface area contributed by atoms with Crippen LogP contribution in [0.25, 0.3) is 0 Å². The molecular weight excluding hydrogens is 238 g/mol. The lowest BCUT2D eigenvalue weighted by Crippen LogP contribution is -2.15. The first-order valence-electron chi connectivity index (χ1n) is 5.55. The third-order valence-corrected chi connectivity index (χ3v) is 3.50. The Kier molecular flexibility index (Phi) is 5.50. The first-order valence-corrected chi connectivity index (χ1v) is 6.70. The van der Waals surface area contributed by atoms with Crippen molar-refractivity contribution in [3.8, 4) is 0 Å². The first kappa shape index (κ1) is 14.1. The van der Waals surface area contributed by atoms with Gasteiger partial charge in [0, 0.05) is 13.7 Å². The van der Waals surface area contributed by atoms with E-state index in [9.17, 15) is 4.79 Å². The van der Waals surface area contributed by atoms with E-state index in [0.717, 1.165) is 29.2 Å². The van der Waals surface area contributed by atoms with E-state index < -0.39 is 0 Å². The normalized spacial score (nSPS) is 10.6. The SMILES string of the molecule is Cc1nn(C)c(C)c1NC(=O)CSCCCO. The van der Waals surface area contributed by atoms with E-state index in [1.165, 1.54) is 11.8 Å². The number of aryl methyl sites for hydroxylation is 2. The molecule has 0 atom stereocenters. The van der Waals surface area contributed by atoms with Gasteiger partial charge in [-0.3, -0.25) is 9.48 Å². The Morgan fingerprint density at radius 1 is 1.53 bits per heavy atom. The van der Waals surface area contributed by atoms with Gasteiger partial charge >= 0.3 is 0 Å². The number of amides is 1. The molecule has 0 bridgehead atoms. The third kappa shape index (κ3) is 4.05. The molecule has 17 heavy (non-hydrogen) atoms. The molecule has 0 saturated carbocycles. The van der Waals surface area contributed by atoms with Crippen molar-refractivity contribution >= 4 is 23.4 Å². The molecule has 1 aromatic heterocycles. The lowest BCUT2D eigenvalue weighted by molar-refractivity contribution is -0.113. The molecule has 6 heteroatoms. The Morgan fingerprint density at radius 2 is 2.24 bits per heavy atom. The summed E-state index contributed by atoms with van der Waals surface area (Å²) in [6.07, 6.45) is 0.725. The van der Waals surface area contributed by atoms with Gasteiger partial charge in [-0.05, 0) is 26.0 Å². The Balaban J connectivity index is 2.45. The molecule has 2 N–H and O–H groups in total. The Labute approximate surface area is 106 Å². The van der Waals surface area contributed by atoms with Crippen LogP contribution in [-0.2, 0) is 11.8 Å². The summed E-state index contributed by atoms with van der Waals surface area (Å²) in [5.41, 5.74) is 2.59. The summed E-state index contributed by atoms with van der Waals surface area (Å²) < 4.78 is 1.75. The molecule has 1 aromatic rings. The van der Waals surface area contributed by atoms with E-state index in [4.69, 9.17) is 5.11 Å². The Bertz CT molecular complexity index is 390. The third-order valence-electron chi connectivity index (χ3n) is 2.45. The number of hydrogen-bond donors (Lipinski definition) is 2. The van der Waals surface area contributed by atoms with Crippen molar-refractivity contribution in [1.29, 1.82) is 0 Å². The minimum Gasteiger partial charge on any atom is -0.396 e. The quantitative estimate of drug-likeness (QED) is 0.749. The molecular formula is C11H19N3O2S. The highest BCUT2D eigenvalue weighted by Crippen LogP contribution is 2.18. The average Bonchev–Trinajstić information content (AvgIpc) is 2.52. The zero-order valence-electron chi connectivity index (χ0n) is 10.5. The fourth-order valence-corrected chi connectivity index (χ4v) is 2.20. The number of thioether (sulfide) groups is 1. The van der Waals surface area contributed by atoms with Gasteiger partial charge in [0.15, 0.2) is 0 Å². The molecule has 96 valence electrons. The lowest BCUT2D eigenvalue weighted by Gasteiger charge is -2.05. The van der Waals surface area contributed by atoms with Gasteiger partial charge in [-0.2, -0.15) is 16.9 Å². The molecule has 0 fully saturated rings. The van der Waals surface area contributed by atoms with Crippen LogP contribution in [0.4, 0.5) is 5.69 Å². The van der Waals surface area contributed by atoms with Crippen LogP contribution in [0.15, 0.2) is 0 Å². The molecule has 0 spiro atoms. The fourth-order valence-electron chi connectivity index (χ4n) is 1.46. The number of aromatic nitrogens is 2. The summed E-state index contributed by atoms with van der Waals surface area (Å²) in [4.78, 5) is 11.7. The second kappa shape index (κ2) is 6.66. The molecule has 1 rings (SSSR count). The number of nitrogens with zero attached hydrogens (tertiary/aromatic N) is 2. The topological polar surface area (TPSA) is 67.2 Å². The maximum absolute atomic E-state index is 11.7. The molecule has 5 nitrogen and oxygen atoms in total. The maximum atomic E-state index is 11.7. The number of hydrogen-bond acceptors (Lipinski definition) is 4. The molecule has 0 saturated heterocycles. The van der Waals surface area contributed by atoms with Crippen LogP contribution < -0.4 is 5.32 Å². The van der Waals surface area contributed by atoms with Crippen molar-refractivity contribution in [2.24, 2.45) is 7.05 Å². The molecule has 1 amide bonds. The smallest absolute Gasteiger partial charge is 0.234 e. The highest BCUT2D eigenvalue weighted by molar-refractivity contribution is 7.99. The number of rotatable bonds is 6. The van der Waals surface area contributed by atoms with E-state index >= 15 is 0 Å².